The summed E-state index contributed by atoms with van der Waals surface area (Å²) in [6.45, 7) is 11.2. The third kappa shape index (κ3) is 5.87. The van der Waals surface area contributed by atoms with Gasteiger partial charge in [0.15, 0.2) is 0 Å². The fourth-order valence-corrected chi connectivity index (χ4v) is 7.08. The molecule has 0 aliphatic carbocycles. The van der Waals surface area contributed by atoms with E-state index in [0.29, 0.717) is 42.4 Å². The van der Waals surface area contributed by atoms with Gasteiger partial charge in [0, 0.05) is 53.1 Å². The van der Waals surface area contributed by atoms with Crippen LogP contribution in [0.3, 0.4) is 0 Å². The number of halogens is 2. The second-order valence-corrected chi connectivity index (χ2v) is 13.2. The number of carbonyl (C=O) groups is 2. The topological polar surface area (TPSA) is 102 Å². The van der Waals surface area contributed by atoms with E-state index in [-0.39, 0.29) is 24.1 Å². The summed E-state index contributed by atoms with van der Waals surface area (Å²) < 4.78 is 10.1. The Kier molecular flexibility index (Phi) is 8.80. The SMILES string of the molecule is Cc1cc(OCCCc2c3n(c4c(-c5c(C)nn(C)c5C)c(Cl)ccc24)C[C@H](C)N(Cc2ccc(C(=O)O)cn2)C3=O)cc(C)c1Cl. The second-order valence-electron chi connectivity index (χ2n) is 12.4. The van der Waals surface area contributed by atoms with Gasteiger partial charge in [-0.1, -0.05) is 29.3 Å². The first-order valence-electron chi connectivity index (χ1n) is 15.6. The van der Waals surface area contributed by atoms with Crippen LogP contribution in [-0.4, -0.2) is 53.9 Å². The number of rotatable bonds is 9. The molecule has 0 bridgehead atoms. The highest BCUT2D eigenvalue weighted by atomic mass is 35.5. The summed E-state index contributed by atoms with van der Waals surface area (Å²) in [5, 5.41) is 16.3. The molecule has 244 valence electrons. The second kappa shape index (κ2) is 12.7. The van der Waals surface area contributed by atoms with Crippen molar-refractivity contribution in [3.63, 3.8) is 0 Å². The number of nitrogens with zero attached hydrogens (tertiary/aromatic N) is 5. The summed E-state index contributed by atoms with van der Waals surface area (Å²) in [5.41, 5.74) is 8.85. The van der Waals surface area contributed by atoms with Gasteiger partial charge in [0.2, 0.25) is 0 Å². The first-order valence-corrected chi connectivity index (χ1v) is 16.4. The molecule has 1 aliphatic rings. The summed E-state index contributed by atoms with van der Waals surface area (Å²) in [4.78, 5) is 32.0. The minimum Gasteiger partial charge on any atom is -0.494 e. The largest absolute Gasteiger partial charge is 0.494 e. The Balaban J connectivity index is 1.42. The van der Waals surface area contributed by atoms with Crippen molar-refractivity contribution >= 4 is 46.0 Å². The van der Waals surface area contributed by atoms with E-state index >= 15 is 0 Å². The fraction of sp³-hybridized carbons (Fsp3) is 0.333. The molecule has 1 amide bonds. The van der Waals surface area contributed by atoms with Crippen LogP contribution in [-0.2, 0) is 26.6 Å². The van der Waals surface area contributed by atoms with Gasteiger partial charge in [-0.15, -0.1) is 0 Å². The van der Waals surface area contributed by atoms with Crippen LogP contribution in [0.5, 0.6) is 5.75 Å². The minimum atomic E-state index is -1.04. The Hall–Kier alpha value is -4.34. The number of ether oxygens (including phenoxy) is 1. The normalized spacial score (nSPS) is 14.6. The van der Waals surface area contributed by atoms with Gasteiger partial charge >= 0.3 is 5.97 Å². The highest BCUT2D eigenvalue weighted by Crippen LogP contribution is 2.43. The number of aromatic nitrogens is 4. The fourth-order valence-electron chi connectivity index (χ4n) is 6.72. The molecule has 3 aromatic heterocycles. The van der Waals surface area contributed by atoms with Gasteiger partial charge in [-0.05, 0) is 94.5 Å². The number of aryl methyl sites for hydroxylation is 5. The first kappa shape index (κ1) is 32.6. The van der Waals surface area contributed by atoms with Crippen LogP contribution < -0.4 is 4.74 Å². The summed E-state index contributed by atoms with van der Waals surface area (Å²) in [6, 6.07) is 10.8. The minimum absolute atomic E-state index is 0.103. The number of benzene rings is 2. The summed E-state index contributed by atoms with van der Waals surface area (Å²) in [7, 11) is 1.92. The zero-order valence-corrected chi connectivity index (χ0v) is 28.8. The van der Waals surface area contributed by atoms with Crippen LogP contribution in [0.15, 0.2) is 42.6 Å². The smallest absolute Gasteiger partial charge is 0.337 e. The number of amides is 1. The first-order chi connectivity index (χ1) is 22.4. The van der Waals surface area contributed by atoms with Crippen molar-refractivity contribution in [3.05, 3.63) is 97.7 Å². The molecule has 2 aromatic carbocycles. The Morgan fingerprint density at radius 2 is 1.79 bits per heavy atom. The van der Waals surface area contributed by atoms with Crippen LogP contribution in [0.4, 0.5) is 0 Å². The van der Waals surface area contributed by atoms with E-state index in [1.54, 1.807) is 6.07 Å². The maximum atomic E-state index is 14.5. The number of hydrogen-bond donors (Lipinski definition) is 1. The van der Waals surface area contributed by atoms with Gasteiger partial charge in [-0.2, -0.15) is 5.10 Å². The average molecular weight is 675 g/mol. The van der Waals surface area contributed by atoms with Crippen molar-refractivity contribution in [3.8, 4) is 16.9 Å². The lowest BCUT2D eigenvalue weighted by Gasteiger charge is -2.35. The Morgan fingerprint density at radius 3 is 2.40 bits per heavy atom. The average Bonchev–Trinajstić information content (AvgIpc) is 3.47. The van der Waals surface area contributed by atoms with Gasteiger partial charge in [-0.3, -0.25) is 14.5 Å². The standard InChI is InChI=1S/C36H37Cl2N5O4/c1-19-14-26(15-20(2)32(19)38)47-13-7-8-27-28-11-12-29(37)31(30-22(4)40-41(6)23(30)5)33(28)43-17-21(3)42(35(44)34(27)43)18-25-10-9-24(16-39-25)36(45)46/h9-12,14-16,21H,7-8,13,17-18H2,1-6H3,(H,45,46)/t21-/m0/s1. The molecule has 4 heterocycles. The molecule has 0 unspecified atom stereocenters. The lowest BCUT2D eigenvalue weighted by Crippen LogP contribution is -2.46. The van der Waals surface area contributed by atoms with Crippen molar-refractivity contribution in [1.82, 2.24) is 24.2 Å². The third-order valence-corrected chi connectivity index (χ3v) is 10.0. The van der Waals surface area contributed by atoms with E-state index in [0.717, 1.165) is 60.9 Å². The van der Waals surface area contributed by atoms with Gasteiger partial charge in [-0.25, -0.2) is 4.79 Å². The molecule has 5 aromatic rings. The van der Waals surface area contributed by atoms with Crippen molar-refractivity contribution in [2.24, 2.45) is 7.05 Å². The summed E-state index contributed by atoms with van der Waals surface area (Å²) >= 11 is 13.4. The van der Waals surface area contributed by atoms with Crippen molar-refractivity contribution in [2.75, 3.05) is 6.61 Å². The van der Waals surface area contributed by atoms with Gasteiger partial charge < -0.3 is 19.3 Å². The molecule has 0 radical (unpaired) electrons. The van der Waals surface area contributed by atoms with E-state index in [4.69, 9.17) is 27.9 Å². The lowest BCUT2D eigenvalue weighted by molar-refractivity contribution is 0.0592. The number of carbonyl (C=O) groups excluding carboxylic acids is 1. The zero-order chi connectivity index (χ0) is 33.7. The molecule has 6 rings (SSSR count). The van der Waals surface area contributed by atoms with Gasteiger partial charge in [0.05, 0.1) is 40.6 Å². The molecular formula is C36H37Cl2N5O4. The van der Waals surface area contributed by atoms with Crippen LogP contribution in [0.1, 0.15) is 68.0 Å². The van der Waals surface area contributed by atoms with Crippen LogP contribution in [0, 0.1) is 27.7 Å². The molecule has 0 fully saturated rings. The molecule has 1 aliphatic heterocycles. The molecule has 1 atom stereocenters. The van der Waals surface area contributed by atoms with E-state index in [9.17, 15) is 14.7 Å². The quantitative estimate of drug-likeness (QED) is 0.161. The van der Waals surface area contributed by atoms with E-state index in [2.05, 4.69) is 14.6 Å². The molecule has 0 spiro atoms. The predicted octanol–water partition coefficient (Wildman–Crippen LogP) is 7.73. The van der Waals surface area contributed by atoms with E-state index in [1.165, 1.54) is 12.3 Å². The van der Waals surface area contributed by atoms with Crippen molar-refractivity contribution in [2.45, 2.75) is 66.6 Å². The number of fused-ring (bicyclic) bond motifs is 3. The third-order valence-electron chi connectivity index (χ3n) is 9.13. The number of carboxylic acid groups (broad SMARTS) is 1. The lowest BCUT2D eigenvalue weighted by atomic mass is 9.98. The van der Waals surface area contributed by atoms with Gasteiger partial charge in [0.1, 0.15) is 11.4 Å². The van der Waals surface area contributed by atoms with Crippen molar-refractivity contribution in [1.29, 1.82) is 0 Å². The van der Waals surface area contributed by atoms with Crippen LogP contribution in [0.2, 0.25) is 10.0 Å². The maximum absolute atomic E-state index is 14.5. The molecule has 1 N–H and O–H groups in total. The summed E-state index contributed by atoms with van der Waals surface area (Å²) in [5.74, 6) is -0.382. The molecule has 11 heteroatoms. The number of hydrogen-bond acceptors (Lipinski definition) is 5. The van der Waals surface area contributed by atoms with Crippen LogP contribution >= 0.6 is 23.2 Å². The molecule has 47 heavy (non-hydrogen) atoms. The number of carboxylic acids is 1. The maximum Gasteiger partial charge on any atom is 0.337 e. The zero-order valence-electron chi connectivity index (χ0n) is 27.3. The number of pyridine rings is 1. The van der Waals surface area contributed by atoms with Crippen molar-refractivity contribution < 1.29 is 19.4 Å². The highest BCUT2D eigenvalue weighted by molar-refractivity contribution is 6.35. The van der Waals surface area contributed by atoms with E-state index in [1.807, 2.05) is 75.5 Å². The Morgan fingerprint density at radius 1 is 1.06 bits per heavy atom. The molecular weight excluding hydrogens is 637 g/mol. The van der Waals surface area contributed by atoms with Crippen LogP contribution in [0.25, 0.3) is 22.0 Å². The monoisotopic (exact) mass is 673 g/mol. The van der Waals surface area contributed by atoms with Gasteiger partial charge in [0.25, 0.3) is 5.91 Å². The molecule has 0 saturated heterocycles. The van der Waals surface area contributed by atoms with E-state index < -0.39 is 5.97 Å². The molecule has 0 saturated carbocycles. The Bertz CT molecular complexity index is 2020. The molecule has 9 nitrogen and oxygen atoms in total. The summed E-state index contributed by atoms with van der Waals surface area (Å²) in [6.07, 6.45) is 2.61. The Labute approximate surface area is 283 Å². The predicted molar refractivity (Wildman–Crippen MR) is 184 cm³/mol. The highest BCUT2D eigenvalue weighted by Gasteiger charge is 2.36. The number of aromatic carboxylic acids is 1.